The van der Waals surface area contributed by atoms with Crippen LogP contribution in [-0.4, -0.2) is 32.2 Å². The molecule has 0 aromatic heterocycles. The largest absolute Gasteiger partial charge is 0.502 e. The van der Waals surface area contributed by atoms with Crippen molar-refractivity contribution in [3.05, 3.63) is 33.4 Å². The Labute approximate surface area is 106 Å². The van der Waals surface area contributed by atoms with Crippen LogP contribution >= 0.6 is 0 Å². The number of carboxylic acid groups (broad SMARTS) is 2. The Morgan fingerprint density at radius 2 is 1.95 bits per heavy atom. The molecule has 9 nitrogen and oxygen atoms in total. The van der Waals surface area contributed by atoms with Crippen LogP contribution in [0.1, 0.15) is 17.2 Å². The Morgan fingerprint density at radius 3 is 2.37 bits per heavy atom. The molecule has 0 saturated heterocycles. The average molecular weight is 270 g/mol. The van der Waals surface area contributed by atoms with E-state index in [1.165, 1.54) is 0 Å². The minimum Gasteiger partial charge on any atom is -0.502 e. The number of nitrogens with two attached hydrogens (primary N) is 1. The number of benzene rings is 1. The first-order valence-electron chi connectivity index (χ1n) is 4.94. The van der Waals surface area contributed by atoms with Crippen molar-refractivity contribution in [2.45, 2.75) is 12.5 Å². The van der Waals surface area contributed by atoms with Crippen LogP contribution in [0.25, 0.3) is 0 Å². The number of hydrogen-bond acceptors (Lipinski definition) is 6. The molecule has 1 atom stereocenters. The highest BCUT2D eigenvalue weighted by molar-refractivity contribution is 5.78. The molecule has 5 N–H and O–H groups in total. The van der Waals surface area contributed by atoms with Crippen LogP contribution in [0.2, 0.25) is 0 Å². The summed E-state index contributed by atoms with van der Waals surface area (Å²) in [4.78, 5) is 31.1. The molecular weight excluding hydrogens is 260 g/mol. The topological polar surface area (TPSA) is 164 Å². The van der Waals surface area contributed by atoms with Gasteiger partial charge in [-0.2, -0.15) is 0 Å². The van der Waals surface area contributed by atoms with Crippen molar-refractivity contribution >= 4 is 17.6 Å². The number of nitro groups is 1. The summed E-state index contributed by atoms with van der Waals surface area (Å²) in [6.45, 7) is 0. The number of nitro benzene ring substituents is 1. The average Bonchev–Trinajstić information content (AvgIpc) is 2.29. The summed E-state index contributed by atoms with van der Waals surface area (Å²) >= 11 is 0. The molecule has 0 unspecified atom stereocenters. The molecule has 0 spiro atoms. The Kier molecular flexibility index (Phi) is 4.02. The van der Waals surface area contributed by atoms with E-state index < -0.39 is 46.3 Å². The minimum absolute atomic E-state index is 0.0244. The molecule has 0 aliphatic rings. The highest BCUT2D eigenvalue weighted by Gasteiger charge is 2.26. The zero-order valence-electron chi connectivity index (χ0n) is 9.44. The number of aliphatic carboxylic acids is 2. The lowest BCUT2D eigenvalue weighted by Gasteiger charge is -2.11. The SMILES string of the molecule is N[C@H](C(=O)O)c1cc(CC(=O)O)cc([N+](=O)[O-])c1O. The van der Waals surface area contributed by atoms with Crippen LogP contribution in [-0.2, 0) is 16.0 Å². The number of nitrogens with zero attached hydrogens (tertiary/aromatic N) is 1. The predicted molar refractivity (Wildman–Crippen MR) is 60.7 cm³/mol. The van der Waals surface area contributed by atoms with Gasteiger partial charge in [-0.05, 0) is 11.6 Å². The molecule has 1 rings (SSSR count). The van der Waals surface area contributed by atoms with Crippen LogP contribution < -0.4 is 5.73 Å². The Morgan fingerprint density at radius 1 is 1.37 bits per heavy atom. The third-order valence-corrected chi connectivity index (χ3v) is 2.33. The lowest BCUT2D eigenvalue weighted by atomic mass is 10.0. The van der Waals surface area contributed by atoms with E-state index in [4.69, 9.17) is 15.9 Å². The maximum Gasteiger partial charge on any atom is 0.325 e. The van der Waals surface area contributed by atoms with Gasteiger partial charge in [-0.3, -0.25) is 19.7 Å². The van der Waals surface area contributed by atoms with Gasteiger partial charge in [0, 0.05) is 11.6 Å². The highest BCUT2D eigenvalue weighted by atomic mass is 16.6. The first kappa shape index (κ1) is 14.4. The van der Waals surface area contributed by atoms with E-state index in [2.05, 4.69) is 0 Å². The molecule has 0 bridgehead atoms. The third kappa shape index (κ3) is 3.16. The fourth-order valence-electron chi connectivity index (χ4n) is 1.49. The van der Waals surface area contributed by atoms with E-state index in [9.17, 15) is 24.8 Å². The van der Waals surface area contributed by atoms with Gasteiger partial charge < -0.3 is 21.1 Å². The van der Waals surface area contributed by atoms with E-state index in [-0.39, 0.29) is 5.56 Å². The van der Waals surface area contributed by atoms with Gasteiger partial charge in [0.05, 0.1) is 11.3 Å². The summed E-state index contributed by atoms with van der Waals surface area (Å²) in [6.07, 6.45) is -0.555. The molecule has 1 aromatic rings. The number of carboxylic acids is 2. The summed E-state index contributed by atoms with van der Waals surface area (Å²) in [7, 11) is 0. The molecule has 0 aliphatic heterocycles. The summed E-state index contributed by atoms with van der Waals surface area (Å²) in [5, 5.41) is 37.7. The van der Waals surface area contributed by atoms with E-state index in [1.54, 1.807) is 0 Å². The Bertz CT molecular complexity index is 555. The number of hydrogen-bond donors (Lipinski definition) is 4. The van der Waals surface area contributed by atoms with Gasteiger partial charge in [-0.25, -0.2) is 0 Å². The second-order valence-electron chi connectivity index (χ2n) is 3.70. The molecule has 19 heavy (non-hydrogen) atoms. The minimum atomic E-state index is -1.69. The second kappa shape index (κ2) is 5.31. The molecule has 0 amide bonds. The summed E-state index contributed by atoms with van der Waals surface area (Å²) < 4.78 is 0. The Balaban J connectivity index is 3.43. The molecule has 1 aromatic carbocycles. The Hall–Kier alpha value is -2.68. The van der Waals surface area contributed by atoms with Gasteiger partial charge >= 0.3 is 17.6 Å². The normalized spacial score (nSPS) is 11.8. The predicted octanol–water partition coefficient (Wildman–Crippen LogP) is 0.0119. The van der Waals surface area contributed by atoms with E-state index in [0.29, 0.717) is 0 Å². The summed E-state index contributed by atoms with van der Waals surface area (Å²) in [6, 6.07) is 0.198. The molecule has 0 saturated carbocycles. The van der Waals surface area contributed by atoms with E-state index in [0.717, 1.165) is 12.1 Å². The van der Waals surface area contributed by atoms with E-state index in [1.807, 2.05) is 0 Å². The van der Waals surface area contributed by atoms with Gasteiger partial charge in [0.1, 0.15) is 6.04 Å². The maximum atomic E-state index is 10.7. The van der Waals surface area contributed by atoms with Crippen molar-refractivity contribution in [1.82, 2.24) is 0 Å². The van der Waals surface area contributed by atoms with Crippen molar-refractivity contribution < 1.29 is 29.8 Å². The number of phenols is 1. The van der Waals surface area contributed by atoms with Crippen LogP contribution in [0.15, 0.2) is 12.1 Å². The van der Waals surface area contributed by atoms with Crippen LogP contribution in [0, 0.1) is 10.1 Å². The van der Waals surface area contributed by atoms with Crippen LogP contribution in [0.5, 0.6) is 5.75 Å². The van der Waals surface area contributed by atoms with Crippen molar-refractivity contribution in [3.8, 4) is 5.75 Å². The molecule has 9 heteroatoms. The van der Waals surface area contributed by atoms with Gasteiger partial charge in [0.15, 0.2) is 5.75 Å². The standard InChI is InChI=1S/C10H10N2O7/c11-8(10(16)17)5-1-4(3-7(13)14)2-6(9(5)15)12(18)19/h1-2,8,15H,3,11H2,(H,13,14)(H,16,17)/t8-/m0/s1. The van der Waals surface area contributed by atoms with Crippen molar-refractivity contribution in [2.75, 3.05) is 0 Å². The molecule has 0 fully saturated rings. The number of phenolic OH excluding ortho intramolecular Hbond substituents is 1. The van der Waals surface area contributed by atoms with E-state index >= 15 is 0 Å². The second-order valence-corrected chi connectivity index (χ2v) is 3.70. The summed E-state index contributed by atoms with van der Waals surface area (Å²) in [5.41, 5.74) is 4.06. The van der Waals surface area contributed by atoms with Gasteiger partial charge in [0.25, 0.3) is 0 Å². The van der Waals surface area contributed by atoms with Gasteiger partial charge in [0.2, 0.25) is 0 Å². The molecule has 0 radical (unpaired) electrons. The van der Waals surface area contributed by atoms with Crippen LogP contribution in [0.4, 0.5) is 5.69 Å². The first-order chi connectivity index (χ1) is 8.73. The lowest BCUT2D eigenvalue weighted by Crippen LogP contribution is -2.21. The smallest absolute Gasteiger partial charge is 0.325 e. The number of carbonyl (C=O) groups is 2. The lowest BCUT2D eigenvalue weighted by molar-refractivity contribution is -0.386. The zero-order chi connectivity index (χ0) is 14.7. The van der Waals surface area contributed by atoms with Gasteiger partial charge in [-0.1, -0.05) is 0 Å². The van der Waals surface area contributed by atoms with Gasteiger partial charge in [-0.15, -0.1) is 0 Å². The fourth-order valence-corrected chi connectivity index (χ4v) is 1.49. The first-order valence-corrected chi connectivity index (χ1v) is 4.94. The quantitative estimate of drug-likeness (QED) is 0.429. The molecule has 102 valence electrons. The molecular formula is C10H10N2O7. The van der Waals surface area contributed by atoms with Crippen molar-refractivity contribution in [2.24, 2.45) is 5.73 Å². The molecule has 0 aliphatic carbocycles. The van der Waals surface area contributed by atoms with Crippen LogP contribution in [0.3, 0.4) is 0 Å². The fraction of sp³-hybridized carbons (Fsp3) is 0.200. The third-order valence-electron chi connectivity index (χ3n) is 2.33. The van der Waals surface area contributed by atoms with Crippen molar-refractivity contribution in [3.63, 3.8) is 0 Å². The molecule has 0 heterocycles. The number of rotatable bonds is 5. The zero-order valence-corrected chi connectivity index (χ0v) is 9.44. The summed E-state index contributed by atoms with van der Waals surface area (Å²) in [5.74, 6) is -3.64. The van der Waals surface area contributed by atoms with Crippen molar-refractivity contribution in [1.29, 1.82) is 0 Å². The number of aromatic hydroxyl groups is 1. The monoisotopic (exact) mass is 270 g/mol. The maximum absolute atomic E-state index is 10.7. The highest BCUT2D eigenvalue weighted by Crippen LogP contribution is 2.34.